The summed E-state index contributed by atoms with van der Waals surface area (Å²) in [7, 11) is 0. The van der Waals surface area contributed by atoms with Crippen LogP contribution in [0.25, 0.3) is 0 Å². The average Bonchev–Trinajstić information content (AvgIpc) is 2.30. The van der Waals surface area contributed by atoms with Gasteiger partial charge in [-0.3, -0.25) is 0 Å². The summed E-state index contributed by atoms with van der Waals surface area (Å²) < 4.78 is 28.1. The van der Waals surface area contributed by atoms with Crippen molar-refractivity contribution >= 4 is 17.4 Å². The first-order valence-electron chi connectivity index (χ1n) is 5.50. The summed E-state index contributed by atoms with van der Waals surface area (Å²) in [6, 6.07) is 6.56. The van der Waals surface area contributed by atoms with Crippen LogP contribution in [0.5, 0.6) is 5.75 Å². The lowest BCUT2D eigenvalue weighted by molar-refractivity contribution is -0.0498. The molecule has 0 aliphatic heterocycles. The zero-order valence-corrected chi connectivity index (χ0v) is 10.6. The van der Waals surface area contributed by atoms with Gasteiger partial charge in [-0.05, 0) is 49.1 Å². The van der Waals surface area contributed by atoms with Crippen molar-refractivity contribution < 1.29 is 13.5 Å². The lowest BCUT2D eigenvalue weighted by Gasteiger charge is -2.08. The summed E-state index contributed by atoms with van der Waals surface area (Å²) in [6.45, 7) is -1.87. The van der Waals surface area contributed by atoms with Crippen molar-refractivity contribution in [2.24, 2.45) is 0 Å². The summed E-state index contributed by atoms with van der Waals surface area (Å²) in [4.78, 5) is 0. The monoisotopic (exact) mass is 261 g/mol. The number of unbranched alkanes of at least 4 members (excludes halogenated alkanes) is 1. The van der Waals surface area contributed by atoms with Crippen LogP contribution in [0.4, 0.5) is 14.5 Å². The maximum Gasteiger partial charge on any atom is 0.387 e. The molecule has 1 rings (SSSR count). The van der Waals surface area contributed by atoms with Crippen LogP contribution in [0, 0.1) is 0 Å². The summed E-state index contributed by atoms with van der Waals surface area (Å²) in [5, 5.41) is 3.23. The molecule has 0 heterocycles. The molecule has 0 bridgehead atoms. The van der Waals surface area contributed by atoms with E-state index in [4.69, 9.17) is 0 Å². The number of hydrogen-bond donors (Lipinski definition) is 1. The fourth-order valence-corrected chi connectivity index (χ4v) is 1.85. The predicted octanol–water partition coefficient (Wildman–Crippen LogP) is 3.84. The molecule has 0 aliphatic rings. The standard InChI is InChI=1S/C12H17F2NOS/c1-17-9-3-2-8-15-10-4-6-11(7-5-10)16-12(13)14/h4-7,12,15H,2-3,8-9H2,1H3. The zero-order valence-electron chi connectivity index (χ0n) is 9.79. The average molecular weight is 261 g/mol. The largest absolute Gasteiger partial charge is 0.435 e. The molecule has 17 heavy (non-hydrogen) atoms. The van der Waals surface area contributed by atoms with Crippen molar-refractivity contribution in [3.05, 3.63) is 24.3 Å². The van der Waals surface area contributed by atoms with Crippen LogP contribution in [0.2, 0.25) is 0 Å². The fraction of sp³-hybridized carbons (Fsp3) is 0.500. The van der Waals surface area contributed by atoms with E-state index < -0.39 is 6.61 Å². The van der Waals surface area contributed by atoms with Crippen LogP contribution >= 0.6 is 11.8 Å². The highest BCUT2D eigenvalue weighted by Crippen LogP contribution is 2.17. The van der Waals surface area contributed by atoms with Crippen LogP contribution in [0.3, 0.4) is 0 Å². The Kier molecular flexibility index (Phi) is 6.77. The van der Waals surface area contributed by atoms with E-state index in [1.54, 1.807) is 12.1 Å². The van der Waals surface area contributed by atoms with Gasteiger partial charge in [-0.15, -0.1) is 0 Å². The van der Waals surface area contributed by atoms with Crippen LogP contribution in [-0.4, -0.2) is 25.2 Å². The second-order valence-corrected chi connectivity index (χ2v) is 4.52. The highest BCUT2D eigenvalue weighted by molar-refractivity contribution is 7.98. The Morgan fingerprint density at radius 2 is 1.94 bits per heavy atom. The normalized spacial score (nSPS) is 10.6. The topological polar surface area (TPSA) is 21.3 Å². The maximum atomic E-state index is 11.9. The minimum atomic E-state index is -2.76. The van der Waals surface area contributed by atoms with E-state index in [-0.39, 0.29) is 5.75 Å². The quantitative estimate of drug-likeness (QED) is 0.718. The molecule has 96 valence electrons. The van der Waals surface area contributed by atoms with Crippen molar-refractivity contribution in [1.29, 1.82) is 0 Å². The molecule has 0 aliphatic carbocycles. The minimum absolute atomic E-state index is 0.188. The van der Waals surface area contributed by atoms with E-state index in [1.165, 1.54) is 24.3 Å². The zero-order chi connectivity index (χ0) is 12.5. The molecule has 0 aromatic heterocycles. The molecule has 1 aromatic rings. The number of alkyl halides is 2. The van der Waals surface area contributed by atoms with E-state index >= 15 is 0 Å². The number of nitrogens with one attached hydrogen (secondary N) is 1. The number of anilines is 1. The van der Waals surface area contributed by atoms with E-state index in [9.17, 15) is 8.78 Å². The number of rotatable bonds is 8. The molecule has 0 radical (unpaired) electrons. The first-order valence-corrected chi connectivity index (χ1v) is 6.89. The third kappa shape index (κ3) is 6.36. The first-order chi connectivity index (χ1) is 8.22. The van der Waals surface area contributed by atoms with Gasteiger partial charge in [0, 0.05) is 12.2 Å². The third-order valence-corrected chi connectivity index (χ3v) is 2.88. The fourth-order valence-electron chi connectivity index (χ4n) is 1.36. The predicted molar refractivity (Wildman–Crippen MR) is 69.2 cm³/mol. The van der Waals surface area contributed by atoms with Crippen LogP contribution in [0.1, 0.15) is 12.8 Å². The number of benzene rings is 1. The highest BCUT2D eigenvalue weighted by atomic mass is 32.2. The highest BCUT2D eigenvalue weighted by Gasteiger charge is 2.03. The minimum Gasteiger partial charge on any atom is -0.435 e. The van der Waals surface area contributed by atoms with Gasteiger partial charge in [-0.2, -0.15) is 20.5 Å². The molecule has 0 saturated heterocycles. The lowest BCUT2D eigenvalue weighted by atomic mass is 10.3. The maximum absolute atomic E-state index is 11.9. The molecule has 1 N–H and O–H groups in total. The van der Waals surface area contributed by atoms with Gasteiger partial charge < -0.3 is 10.1 Å². The van der Waals surface area contributed by atoms with Gasteiger partial charge >= 0.3 is 6.61 Å². The first kappa shape index (κ1) is 14.1. The molecule has 0 saturated carbocycles. The Balaban J connectivity index is 2.25. The molecule has 2 nitrogen and oxygen atoms in total. The van der Waals surface area contributed by atoms with Crippen molar-refractivity contribution in [2.45, 2.75) is 19.5 Å². The number of hydrogen-bond acceptors (Lipinski definition) is 3. The molecular weight excluding hydrogens is 244 g/mol. The Bertz CT molecular complexity index is 306. The second-order valence-electron chi connectivity index (χ2n) is 3.53. The Labute approximate surface area is 105 Å². The SMILES string of the molecule is CSCCCCNc1ccc(OC(F)F)cc1. The van der Waals surface area contributed by atoms with Crippen molar-refractivity contribution in [2.75, 3.05) is 23.9 Å². The number of ether oxygens (including phenoxy) is 1. The van der Waals surface area contributed by atoms with Gasteiger partial charge in [-0.1, -0.05) is 0 Å². The summed E-state index contributed by atoms with van der Waals surface area (Å²) in [5.74, 6) is 1.36. The summed E-state index contributed by atoms with van der Waals surface area (Å²) >= 11 is 1.84. The third-order valence-electron chi connectivity index (χ3n) is 2.18. The van der Waals surface area contributed by atoms with Crippen LogP contribution in [0.15, 0.2) is 24.3 Å². The van der Waals surface area contributed by atoms with Gasteiger partial charge in [0.25, 0.3) is 0 Å². The molecule has 1 aromatic carbocycles. The summed E-state index contributed by atoms with van der Waals surface area (Å²) in [5.41, 5.74) is 0.927. The van der Waals surface area contributed by atoms with Gasteiger partial charge in [0.15, 0.2) is 0 Å². The Morgan fingerprint density at radius 3 is 2.53 bits per heavy atom. The number of thioether (sulfide) groups is 1. The summed E-state index contributed by atoms with van der Waals surface area (Å²) in [6.07, 6.45) is 4.38. The molecule has 0 unspecified atom stereocenters. The lowest BCUT2D eigenvalue weighted by Crippen LogP contribution is -2.03. The molecule has 0 spiro atoms. The van der Waals surface area contributed by atoms with Crippen LogP contribution < -0.4 is 10.1 Å². The molecular formula is C12H17F2NOS. The number of halogens is 2. The second kappa shape index (κ2) is 8.17. The van der Waals surface area contributed by atoms with Crippen molar-refractivity contribution in [3.63, 3.8) is 0 Å². The van der Waals surface area contributed by atoms with E-state index in [2.05, 4.69) is 16.3 Å². The van der Waals surface area contributed by atoms with Crippen molar-refractivity contribution in [3.8, 4) is 5.75 Å². The van der Waals surface area contributed by atoms with Crippen LogP contribution in [-0.2, 0) is 0 Å². The molecule has 5 heteroatoms. The molecule has 0 amide bonds. The van der Waals surface area contributed by atoms with E-state index in [0.717, 1.165) is 18.7 Å². The van der Waals surface area contributed by atoms with Crippen molar-refractivity contribution in [1.82, 2.24) is 0 Å². The Hall–Kier alpha value is -0.970. The van der Waals surface area contributed by atoms with Gasteiger partial charge in [-0.25, -0.2) is 0 Å². The molecule has 0 atom stereocenters. The van der Waals surface area contributed by atoms with Gasteiger partial charge in [0.1, 0.15) is 5.75 Å². The van der Waals surface area contributed by atoms with Gasteiger partial charge in [0.2, 0.25) is 0 Å². The Morgan fingerprint density at radius 1 is 1.24 bits per heavy atom. The smallest absolute Gasteiger partial charge is 0.387 e. The molecule has 0 fully saturated rings. The van der Waals surface area contributed by atoms with E-state index in [1.807, 2.05) is 11.8 Å². The van der Waals surface area contributed by atoms with Gasteiger partial charge in [0.05, 0.1) is 0 Å². The van der Waals surface area contributed by atoms with E-state index in [0.29, 0.717) is 0 Å².